The topological polar surface area (TPSA) is 0 Å². The predicted molar refractivity (Wildman–Crippen MR) is 78.2 cm³/mol. The van der Waals surface area contributed by atoms with Crippen LogP contribution in [0.3, 0.4) is 0 Å². The first-order valence-electron chi connectivity index (χ1n) is 5.47. The number of hydrogen-bond donors (Lipinski definition) is 0. The molecule has 0 bridgehead atoms. The first-order chi connectivity index (χ1) is 7.61. The first-order valence-corrected chi connectivity index (χ1v) is 18.2. The van der Waals surface area contributed by atoms with E-state index in [1.54, 1.807) is 12.4 Å². The summed E-state index contributed by atoms with van der Waals surface area (Å²) < 4.78 is 3.55. The molecule has 2 rings (SSSR count). The summed E-state index contributed by atoms with van der Waals surface area (Å²) in [5.74, 6) is 0. The van der Waals surface area contributed by atoms with Crippen molar-refractivity contribution in [1.82, 2.24) is 0 Å². The molecule has 0 nitrogen and oxygen atoms in total. The van der Waals surface area contributed by atoms with Gasteiger partial charge in [0.15, 0.2) is 0 Å². The summed E-state index contributed by atoms with van der Waals surface area (Å²) in [4.78, 5) is 9.97. The van der Waals surface area contributed by atoms with Crippen molar-refractivity contribution in [1.29, 1.82) is 0 Å². The number of benzene rings is 2. The SMILES string of the molecule is [CH3][Sb]([CH3])[c]1ccc2ccccc2[c]1[Sb]([CH3])[CH3]. The number of fused-ring (bicyclic) bond motifs is 1. The van der Waals surface area contributed by atoms with Gasteiger partial charge in [0.1, 0.15) is 0 Å². The third-order valence-corrected chi connectivity index (χ3v) is 12.1. The van der Waals surface area contributed by atoms with Crippen LogP contribution in [-0.2, 0) is 0 Å². The Hall–Kier alpha value is 0.336. The van der Waals surface area contributed by atoms with Gasteiger partial charge in [-0.15, -0.1) is 0 Å². The Balaban J connectivity index is 2.79. The zero-order valence-electron chi connectivity index (χ0n) is 10.4. The molecule has 0 amide bonds. The van der Waals surface area contributed by atoms with Crippen molar-refractivity contribution in [2.75, 3.05) is 0 Å². The fourth-order valence-electron chi connectivity index (χ4n) is 2.07. The van der Waals surface area contributed by atoms with E-state index in [4.69, 9.17) is 0 Å². The average molecular weight is 430 g/mol. The van der Waals surface area contributed by atoms with E-state index >= 15 is 0 Å². The molecule has 0 saturated heterocycles. The van der Waals surface area contributed by atoms with Gasteiger partial charge in [-0.1, -0.05) is 0 Å². The van der Waals surface area contributed by atoms with Crippen molar-refractivity contribution in [3.63, 3.8) is 0 Å². The summed E-state index contributed by atoms with van der Waals surface area (Å²) in [6.45, 7) is 0. The summed E-state index contributed by atoms with van der Waals surface area (Å²) in [6.07, 6.45) is 0. The van der Waals surface area contributed by atoms with Crippen LogP contribution in [0.4, 0.5) is 0 Å². The molecule has 0 spiro atoms. The minimum absolute atomic E-state index is 1.11. The van der Waals surface area contributed by atoms with Gasteiger partial charge in [0.05, 0.1) is 0 Å². The van der Waals surface area contributed by atoms with Crippen LogP contribution in [0.25, 0.3) is 10.8 Å². The molecule has 0 saturated carbocycles. The molecule has 0 atom stereocenters. The van der Waals surface area contributed by atoms with Gasteiger partial charge in [0.25, 0.3) is 0 Å². The summed E-state index contributed by atoms with van der Waals surface area (Å²) in [5.41, 5.74) is 0. The molecule has 0 aliphatic carbocycles. The van der Waals surface area contributed by atoms with Crippen molar-refractivity contribution in [2.45, 2.75) is 19.5 Å². The van der Waals surface area contributed by atoms with Crippen LogP contribution in [0.2, 0.25) is 19.5 Å². The van der Waals surface area contributed by atoms with E-state index in [-0.39, 0.29) is 0 Å². The van der Waals surface area contributed by atoms with Crippen LogP contribution in [0.15, 0.2) is 36.4 Å². The van der Waals surface area contributed by atoms with Crippen LogP contribution in [-0.4, -0.2) is 40.4 Å². The Kier molecular flexibility index (Phi) is 4.25. The van der Waals surface area contributed by atoms with E-state index < -0.39 is 40.4 Å². The third-order valence-electron chi connectivity index (χ3n) is 2.81. The van der Waals surface area contributed by atoms with Crippen molar-refractivity contribution < 1.29 is 0 Å². The quantitative estimate of drug-likeness (QED) is 0.644. The van der Waals surface area contributed by atoms with E-state index in [9.17, 15) is 0 Å². The molecule has 0 heterocycles. The van der Waals surface area contributed by atoms with Crippen molar-refractivity contribution in [3.8, 4) is 0 Å². The predicted octanol–water partition coefficient (Wildman–Crippen LogP) is 2.76. The summed E-state index contributed by atoms with van der Waals surface area (Å²) >= 11 is -2.28. The maximum atomic E-state index is 2.50. The Bertz CT molecular complexity index is 501. The van der Waals surface area contributed by atoms with Gasteiger partial charge in [-0.2, -0.15) is 0 Å². The fourth-order valence-corrected chi connectivity index (χ4v) is 15.8. The van der Waals surface area contributed by atoms with Crippen LogP contribution < -0.4 is 7.02 Å². The van der Waals surface area contributed by atoms with Crippen molar-refractivity contribution in [3.05, 3.63) is 36.4 Å². The molecule has 0 aliphatic rings. The molecule has 0 unspecified atom stereocenters. The second kappa shape index (κ2) is 5.32. The normalized spacial score (nSPS) is 11.6. The molecule has 0 aromatic heterocycles. The Morgan fingerprint density at radius 3 is 2.06 bits per heavy atom. The number of hydrogen-bond acceptors (Lipinski definition) is 0. The molecular weight excluding hydrogens is 412 g/mol. The second-order valence-corrected chi connectivity index (χ2v) is 17.3. The van der Waals surface area contributed by atoms with E-state index in [2.05, 4.69) is 55.9 Å². The Labute approximate surface area is 113 Å². The number of rotatable bonds is 2. The molecular formula is C14H18Sb2. The Morgan fingerprint density at radius 2 is 1.44 bits per heavy atom. The summed E-state index contributed by atoms with van der Waals surface area (Å²) in [7, 11) is 0. The van der Waals surface area contributed by atoms with Gasteiger partial charge in [-0.3, -0.25) is 0 Å². The van der Waals surface area contributed by atoms with E-state index in [0.29, 0.717) is 0 Å². The molecule has 2 aromatic carbocycles. The monoisotopic (exact) mass is 428 g/mol. The molecule has 0 N–H and O–H groups in total. The summed E-state index contributed by atoms with van der Waals surface area (Å²) in [5, 5.41) is 2.98. The van der Waals surface area contributed by atoms with Gasteiger partial charge in [0, 0.05) is 0 Å². The molecule has 2 heteroatoms. The van der Waals surface area contributed by atoms with Crippen LogP contribution in [0, 0.1) is 0 Å². The van der Waals surface area contributed by atoms with Gasteiger partial charge in [-0.25, -0.2) is 0 Å². The van der Waals surface area contributed by atoms with E-state index in [1.165, 1.54) is 5.39 Å². The zero-order chi connectivity index (χ0) is 11.7. The third kappa shape index (κ3) is 2.44. The van der Waals surface area contributed by atoms with Crippen molar-refractivity contribution in [2.24, 2.45) is 0 Å². The molecule has 16 heavy (non-hydrogen) atoms. The molecule has 0 radical (unpaired) electrons. The van der Waals surface area contributed by atoms with Crippen molar-refractivity contribution >= 4 is 58.2 Å². The molecule has 84 valence electrons. The standard InChI is InChI=1S/C10H6.4CH3.2Sb/c1-2-6-10-8-4-3-7-9(10)5-1;;;;;;/h1-3,5-7H;4*1H3;;. The van der Waals surface area contributed by atoms with Crippen LogP contribution >= 0.6 is 0 Å². The van der Waals surface area contributed by atoms with Gasteiger partial charge >= 0.3 is 114 Å². The molecule has 0 fully saturated rings. The average Bonchev–Trinajstić information content (AvgIpc) is 2.27. The summed E-state index contributed by atoms with van der Waals surface area (Å²) in [6, 6.07) is 13.6. The van der Waals surface area contributed by atoms with Crippen LogP contribution in [0.5, 0.6) is 0 Å². The van der Waals surface area contributed by atoms with Gasteiger partial charge < -0.3 is 0 Å². The van der Waals surface area contributed by atoms with E-state index in [1.807, 2.05) is 0 Å². The zero-order valence-corrected chi connectivity index (χ0v) is 15.5. The fraction of sp³-hybridized carbons (Fsp3) is 0.286. The van der Waals surface area contributed by atoms with Gasteiger partial charge in [-0.05, 0) is 0 Å². The molecule has 2 aromatic rings. The minimum atomic E-state index is -1.16. The Morgan fingerprint density at radius 1 is 0.750 bits per heavy atom. The first kappa shape index (κ1) is 12.8. The maximum absolute atomic E-state index is 2.50. The van der Waals surface area contributed by atoms with E-state index in [0.717, 1.165) is 0 Å². The molecule has 0 aliphatic heterocycles. The van der Waals surface area contributed by atoms with Crippen LogP contribution in [0.1, 0.15) is 0 Å². The van der Waals surface area contributed by atoms with Gasteiger partial charge in [0.2, 0.25) is 0 Å². The second-order valence-electron chi connectivity index (χ2n) is 4.44.